The van der Waals surface area contributed by atoms with Gasteiger partial charge < -0.3 is 9.15 Å². The van der Waals surface area contributed by atoms with E-state index in [1.807, 2.05) is 18.2 Å². The summed E-state index contributed by atoms with van der Waals surface area (Å²) in [7, 11) is 1.63. The molecule has 2 rings (SSSR count). The molecular formula is C10H12N2O3. The van der Waals surface area contributed by atoms with Crippen molar-refractivity contribution in [3.05, 3.63) is 34.3 Å². The topological polar surface area (TPSA) is 67.3 Å². The molecule has 0 unspecified atom stereocenters. The SMILES string of the molecule is COCNCc1ccc2[nH]c(=O)oc2c1. The van der Waals surface area contributed by atoms with Crippen molar-refractivity contribution in [1.29, 1.82) is 0 Å². The van der Waals surface area contributed by atoms with E-state index in [2.05, 4.69) is 10.3 Å². The average Bonchev–Trinajstić information content (AvgIpc) is 2.57. The van der Waals surface area contributed by atoms with E-state index < -0.39 is 5.76 Å². The zero-order chi connectivity index (χ0) is 10.7. The average molecular weight is 208 g/mol. The maximum Gasteiger partial charge on any atom is 0.417 e. The largest absolute Gasteiger partial charge is 0.417 e. The van der Waals surface area contributed by atoms with Crippen LogP contribution < -0.4 is 11.1 Å². The second kappa shape index (κ2) is 4.29. The molecule has 0 aliphatic rings. The number of aromatic amines is 1. The van der Waals surface area contributed by atoms with Crippen molar-refractivity contribution in [1.82, 2.24) is 10.3 Å². The van der Waals surface area contributed by atoms with Crippen LogP contribution in [0.3, 0.4) is 0 Å². The van der Waals surface area contributed by atoms with Crippen LogP contribution in [0.4, 0.5) is 0 Å². The number of fused-ring (bicyclic) bond motifs is 1. The summed E-state index contributed by atoms with van der Waals surface area (Å²) in [5, 5.41) is 3.07. The number of aromatic nitrogens is 1. The Morgan fingerprint density at radius 1 is 1.53 bits per heavy atom. The Hall–Kier alpha value is -1.59. The van der Waals surface area contributed by atoms with E-state index in [1.54, 1.807) is 7.11 Å². The number of rotatable bonds is 4. The number of ether oxygens (including phenoxy) is 1. The smallest absolute Gasteiger partial charge is 0.408 e. The summed E-state index contributed by atoms with van der Waals surface area (Å²) in [6.45, 7) is 1.17. The number of hydrogen-bond acceptors (Lipinski definition) is 4. The normalized spacial score (nSPS) is 11.0. The molecule has 2 aromatic rings. The van der Waals surface area contributed by atoms with Gasteiger partial charge in [-0.1, -0.05) is 6.07 Å². The van der Waals surface area contributed by atoms with Crippen molar-refractivity contribution in [2.75, 3.05) is 13.8 Å². The summed E-state index contributed by atoms with van der Waals surface area (Å²) in [5.74, 6) is -0.424. The van der Waals surface area contributed by atoms with E-state index >= 15 is 0 Å². The molecule has 0 atom stereocenters. The summed E-state index contributed by atoms with van der Waals surface area (Å²) in [4.78, 5) is 13.5. The lowest BCUT2D eigenvalue weighted by molar-refractivity contribution is 0.174. The quantitative estimate of drug-likeness (QED) is 0.576. The highest BCUT2D eigenvalue weighted by Crippen LogP contribution is 2.11. The van der Waals surface area contributed by atoms with Crippen LogP contribution in [0.25, 0.3) is 11.1 Å². The number of methoxy groups -OCH3 is 1. The van der Waals surface area contributed by atoms with Crippen LogP contribution in [0, 0.1) is 0 Å². The molecule has 0 amide bonds. The van der Waals surface area contributed by atoms with Gasteiger partial charge in [-0.05, 0) is 17.7 Å². The number of hydrogen-bond donors (Lipinski definition) is 2. The minimum atomic E-state index is -0.424. The highest BCUT2D eigenvalue weighted by Gasteiger charge is 2.01. The van der Waals surface area contributed by atoms with Crippen molar-refractivity contribution in [2.45, 2.75) is 6.54 Å². The number of benzene rings is 1. The standard InChI is InChI=1S/C10H12N2O3/c1-14-6-11-5-7-2-3-8-9(4-7)15-10(13)12-8/h2-4,11H,5-6H2,1H3,(H,12,13). The molecule has 5 nitrogen and oxygen atoms in total. The minimum absolute atomic E-state index is 0.424. The molecular weight excluding hydrogens is 196 g/mol. The third-order valence-electron chi connectivity index (χ3n) is 2.06. The highest BCUT2D eigenvalue weighted by molar-refractivity contribution is 5.72. The third kappa shape index (κ3) is 2.26. The van der Waals surface area contributed by atoms with Gasteiger partial charge in [-0.15, -0.1) is 0 Å². The monoisotopic (exact) mass is 208 g/mol. The summed E-state index contributed by atoms with van der Waals surface area (Å²) in [5.41, 5.74) is 2.34. The summed E-state index contributed by atoms with van der Waals surface area (Å²) in [6, 6.07) is 5.58. The van der Waals surface area contributed by atoms with Crippen LogP contribution in [-0.4, -0.2) is 18.8 Å². The summed E-state index contributed by atoms with van der Waals surface area (Å²) < 4.78 is 9.81. The predicted octanol–water partition coefficient (Wildman–Crippen LogP) is 0.815. The molecule has 15 heavy (non-hydrogen) atoms. The van der Waals surface area contributed by atoms with Gasteiger partial charge in [-0.25, -0.2) is 4.79 Å². The lowest BCUT2D eigenvalue weighted by atomic mass is 10.2. The van der Waals surface area contributed by atoms with Crippen molar-refractivity contribution in [3.63, 3.8) is 0 Å². The Morgan fingerprint density at radius 2 is 2.40 bits per heavy atom. The van der Waals surface area contributed by atoms with Crippen molar-refractivity contribution < 1.29 is 9.15 Å². The van der Waals surface area contributed by atoms with Gasteiger partial charge in [0.25, 0.3) is 0 Å². The molecule has 80 valence electrons. The fourth-order valence-corrected chi connectivity index (χ4v) is 1.40. The lowest BCUT2D eigenvalue weighted by Crippen LogP contribution is -2.15. The molecule has 5 heteroatoms. The highest BCUT2D eigenvalue weighted by atomic mass is 16.5. The van der Waals surface area contributed by atoms with E-state index in [1.165, 1.54) is 0 Å². The van der Waals surface area contributed by atoms with E-state index in [9.17, 15) is 4.79 Å². The zero-order valence-electron chi connectivity index (χ0n) is 8.37. The number of nitrogens with one attached hydrogen (secondary N) is 2. The third-order valence-corrected chi connectivity index (χ3v) is 2.06. The van der Waals surface area contributed by atoms with Crippen LogP contribution in [0.1, 0.15) is 5.56 Å². The Balaban J connectivity index is 2.19. The fraction of sp³-hybridized carbons (Fsp3) is 0.300. The van der Waals surface area contributed by atoms with Crippen LogP contribution in [0.2, 0.25) is 0 Å². The van der Waals surface area contributed by atoms with Gasteiger partial charge in [0.15, 0.2) is 5.58 Å². The Bertz CT molecular complexity index is 501. The lowest BCUT2D eigenvalue weighted by Gasteiger charge is -2.02. The predicted molar refractivity (Wildman–Crippen MR) is 55.6 cm³/mol. The summed E-state index contributed by atoms with van der Waals surface area (Å²) >= 11 is 0. The maximum atomic E-state index is 10.9. The molecule has 1 aromatic carbocycles. The molecule has 1 heterocycles. The van der Waals surface area contributed by atoms with E-state index in [0.29, 0.717) is 18.9 Å². The van der Waals surface area contributed by atoms with Gasteiger partial charge >= 0.3 is 5.76 Å². The molecule has 0 aliphatic carbocycles. The molecule has 2 N–H and O–H groups in total. The Kier molecular flexibility index (Phi) is 2.84. The van der Waals surface area contributed by atoms with E-state index in [4.69, 9.17) is 9.15 Å². The first kappa shape index (κ1) is 9.95. The molecule has 0 bridgehead atoms. The first-order valence-corrected chi connectivity index (χ1v) is 4.61. The van der Waals surface area contributed by atoms with Gasteiger partial charge in [0.2, 0.25) is 0 Å². The second-order valence-electron chi connectivity index (χ2n) is 3.20. The minimum Gasteiger partial charge on any atom is -0.408 e. The Labute approximate surface area is 86.0 Å². The van der Waals surface area contributed by atoms with Crippen molar-refractivity contribution in [3.8, 4) is 0 Å². The summed E-state index contributed by atoms with van der Waals surface area (Å²) in [6.07, 6.45) is 0. The van der Waals surface area contributed by atoms with Gasteiger partial charge in [-0.3, -0.25) is 10.3 Å². The molecule has 0 saturated heterocycles. The zero-order valence-corrected chi connectivity index (χ0v) is 8.37. The number of oxazole rings is 1. The van der Waals surface area contributed by atoms with Gasteiger partial charge in [0.05, 0.1) is 12.2 Å². The van der Waals surface area contributed by atoms with Crippen LogP contribution >= 0.6 is 0 Å². The van der Waals surface area contributed by atoms with Crippen molar-refractivity contribution in [2.24, 2.45) is 0 Å². The fourth-order valence-electron chi connectivity index (χ4n) is 1.40. The molecule has 0 radical (unpaired) electrons. The first-order valence-electron chi connectivity index (χ1n) is 4.61. The van der Waals surface area contributed by atoms with E-state index in [0.717, 1.165) is 11.1 Å². The molecule has 0 aliphatic heterocycles. The molecule has 1 aromatic heterocycles. The van der Waals surface area contributed by atoms with Crippen LogP contribution in [0.15, 0.2) is 27.4 Å². The number of H-pyrrole nitrogens is 1. The van der Waals surface area contributed by atoms with Crippen LogP contribution in [-0.2, 0) is 11.3 Å². The molecule has 0 fully saturated rings. The van der Waals surface area contributed by atoms with Gasteiger partial charge in [-0.2, -0.15) is 0 Å². The second-order valence-corrected chi connectivity index (χ2v) is 3.20. The molecule has 0 saturated carbocycles. The maximum absolute atomic E-state index is 10.9. The first-order chi connectivity index (χ1) is 7.29. The van der Waals surface area contributed by atoms with Gasteiger partial charge in [0.1, 0.15) is 0 Å². The Morgan fingerprint density at radius 3 is 3.20 bits per heavy atom. The van der Waals surface area contributed by atoms with Gasteiger partial charge in [0, 0.05) is 13.7 Å². The van der Waals surface area contributed by atoms with Crippen molar-refractivity contribution >= 4 is 11.1 Å². The van der Waals surface area contributed by atoms with E-state index in [-0.39, 0.29) is 0 Å². The molecule has 0 spiro atoms. The van der Waals surface area contributed by atoms with Crippen LogP contribution in [0.5, 0.6) is 0 Å².